The number of nitrogens with zero attached hydrogens (tertiary/aromatic N) is 3. The highest BCUT2D eigenvalue weighted by atomic mass is 16.2. The van der Waals surface area contributed by atoms with Gasteiger partial charge >= 0.3 is 0 Å². The van der Waals surface area contributed by atoms with Gasteiger partial charge in [-0.25, -0.2) is 0 Å². The fourth-order valence-corrected chi connectivity index (χ4v) is 3.15. The Labute approximate surface area is 118 Å². The fourth-order valence-electron chi connectivity index (χ4n) is 3.15. The predicted octanol–water partition coefficient (Wildman–Crippen LogP) is 0.703. The molecule has 0 N–H and O–H groups in total. The molecule has 4 heterocycles. The van der Waals surface area contributed by atoms with E-state index < -0.39 is 0 Å². The number of fused-ring (bicyclic) bond motifs is 4. The highest BCUT2D eigenvalue weighted by molar-refractivity contribution is 5.83. The molecule has 3 aliphatic rings. The molecule has 1 aromatic rings. The number of carbonyl (C=O) groups excluding carboxylic acids is 2. The molecule has 4 rings (SSSR count). The Morgan fingerprint density at radius 1 is 1.30 bits per heavy atom. The number of piperidine rings is 1. The van der Waals surface area contributed by atoms with Gasteiger partial charge in [0.15, 0.2) is 0 Å². The van der Waals surface area contributed by atoms with Gasteiger partial charge in [0.2, 0.25) is 11.8 Å². The van der Waals surface area contributed by atoms with Crippen molar-refractivity contribution in [1.82, 2.24) is 14.8 Å². The van der Waals surface area contributed by atoms with E-state index in [1.807, 2.05) is 29.0 Å². The van der Waals surface area contributed by atoms with Gasteiger partial charge in [0.25, 0.3) is 0 Å². The van der Waals surface area contributed by atoms with Crippen LogP contribution in [0.3, 0.4) is 0 Å². The molecule has 20 heavy (non-hydrogen) atoms. The zero-order valence-electron chi connectivity index (χ0n) is 11.7. The van der Waals surface area contributed by atoms with Crippen LogP contribution in [0.5, 0.6) is 0 Å². The highest BCUT2D eigenvalue weighted by Gasteiger charge is 2.39. The lowest BCUT2D eigenvalue weighted by Crippen LogP contribution is -2.45. The van der Waals surface area contributed by atoms with E-state index in [1.54, 1.807) is 12.4 Å². The number of rotatable bonds is 2. The molecule has 3 aliphatic heterocycles. The smallest absolute Gasteiger partial charge is 0.227 e. The van der Waals surface area contributed by atoms with Gasteiger partial charge in [-0.15, -0.1) is 0 Å². The molecule has 1 aromatic heterocycles. The van der Waals surface area contributed by atoms with Crippen LogP contribution in [0.25, 0.3) is 0 Å². The van der Waals surface area contributed by atoms with E-state index in [0.29, 0.717) is 19.5 Å². The second-order valence-corrected chi connectivity index (χ2v) is 5.71. The summed E-state index contributed by atoms with van der Waals surface area (Å²) in [6, 6.07) is 3.91. The average Bonchev–Trinajstić information content (AvgIpc) is 2.74. The van der Waals surface area contributed by atoms with Crippen LogP contribution in [0.15, 0.2) is 24.5 Å². The van der Waals surface area contributed by atoms with E-state index in [9.17, 15) is 9.59 Å². The molecule has 2 bridgehead atoms. The first-order valence-corrected chi connectivity index (χ1v) is 7.08. The minimum absolute atomic E-state index is 0.0138. The number of carbonyl (C=O) groups is 2. The lowest BCUT2D eigenvalue weighted by atomic mass is 9.95. The largest absolute Gasteiger partial charge is 0.341 e. The molecule has 0 spiro atoms. The molecule has 2 amide bonds. The first-order valence-electron chi connectivity index (χ1n) is 7.08. The van der Waals surface area contributed by atoms with Crippen molar-refractivity contribution in [3.05, 3.63) is 30.1 Å². The maximum absolute atomic E-state index is 12.4. The third-order valence-corrected chi connectivity index (χ3v) is 4.42. The van der Waals surface area contributed by atoms with Crippen LogP contribution in [-0.2, 0) is 16.0 Å². The zero-order valence-corrected chi connectivity index (χ0v) is 11.7. The maximum Gasteiger partial charge on any atom is 0.227 e. The molecule has 0 radical (unpaired) electrons. The van der Waals surface area contributed by atoms with E-state index in [1.165, 1.54) is 0 Å². The molecule has 3 saturated heterocycles. The summed E-state index contributed by atoms with van der Waals surface area (Å²) in [5.74, 6) is 0.289. The van der Waals surface area contributed by atoms with Gasteiger partial charge < -0.3 is 9.80 Å². The molecule has 106 valence electrons. The number of pyridine rings is 1. The van der Waals surface area contributed by atoms with Crippen molar-refractivity contribution >= 4 is 11.8 Å². The van der Waals surface area contributed by atoms with Crippen molar-refractivity contribution in [3.8, 4) is 0 Å². The van der Waals surface area contributed by atoms with Crippen molar-refractivity contribution in [3.63, 3.8) is 0 Å². The molecule has 3 fully saturated rings. The Morgan fingerprint density at radius 2 is 2.05 bits per heavy atom. The third kappa shape index (κ3) is 2.40. The molecule has 0 saturated carbocycles. The lowest BCUT2D eigenvalue weighted by Gasteiger charge is -2.32. The van der Waals surface area contributed by atoms with Gasteiger partial charge in [0.05, 0.1) is 12.3 Å². The monoisotopic (exact) mass is 273 g/mol. The van der Waals surface area contributed by atoms with E-state index in [0.717, 1.165) is 18.4 Å². The second-order valence-electron chi connectivity index (χ2n) is 5.71. The Bertz CT molecular complexity index is 517. The summed E-state index contributed by atoms with van der Waals surface area (Å²) in [6.45, 7) is 1.24. The predicted molar refractivity (Wildman–Crippen MR) is 73.8 cm³/mol. The lowest BCUT2D eigenvalue weighted by molar-refractivity contribution is -0.138. The molecular formula is C15H19N3O2. The van der Waals surface area contributed by atoms with Crippen molar-refractivity contribution < 1.29 is 9.59 Å². The SMILES string of the molecule is CN1C(=O)[C@@H]2CC[C@H]1CN(C(=O)Cc1ccncc1)C2. The Hall–Kier alpha value is -1.91. The van der Waals surface area contributed by atoms with Crippen LogP contribution in [0.4, 0.5) is 0 Å². The quantitative estimate of drug-likeness (QED) is 0.797. The van der Waals surface area contributed by atoms with E-state index in [4.69, 9.17) is 0 Å². The summed E-state index contributed by atoms with van der Waals surface area (Å²) in [5.41, 5.74) is 0.973. The normalized spacial score (nSPS) is 25.8. The molecule has 0 aliphatic carbocycles. The van der Waals surface area contributed by atoms with E-state index >= 15 is 0 Å². The minimum Gasteiger partial charge on any atom is -0.341 e. The minimum atomic E-state index is -0.0138. The van der Waals surface area contributed by atoms with Crippen LogP contribution in [0.2, 0.25) is 0 Å². The number of aromatic nitrogens is 1. The van der Waals surface area contributed by atoms with Gasteiger partial charge in [-0.05, 0) is 30.5 Å². The number of amides is 2. The van der Waals surface area contributed by atoms with Crippen molar-refractivity contribution in [2.45, 2.75) is 25.3 Å². The summed E-state index contributed by atoms with van der Waals surface area (Å²) >= 11 is 0. The summed E-state index contributed by atoms with van der Waals surface area (Å²) in [4.78, 5) is 32.2. The van der Waals surface area contributed by atoms with E-state index in [2.05, 4.69) is 4.98 Å². The number of likely N-dealkylation sites (N-methyl/N-ethyl adjacent to an activating group) is 1. The third-order valence-electron chi connectivity index (χ3n) is 4.42. The molecule has 5 heteroatoms. The summed E-state index contributed by atoms with van der Waals surface area (Å²) < 4.78 is 0. The van der Waals surface area contributed by atoms with Crippen LogP contribution >= 0.6 is 0 Å². The van der Waals surface area contributed by atoms with Gasteiger partial charge in [-0.2, -0.15) is 0 Å². The van der Waals surface area contributed by atoms with Crippen LogP contribution in [-0.4, -0.2) is 52.8 Å². The van der Waals surface area contributed by atoms with Gasteiger partial charge in [0.1, 0.15) is 0 Å². The van der Waals surface area contributed by atoms with Gasteiger partial charge in [0, 0.05) is 38.6 Å². The first kappa shape index (κ1) is 13.1. The second kappa shape index (κ2) is 5.23. The van der Waals surface area contributed by atoms with Gasteiger partial charge in [-0.1, -0.05) is 0 Å². The van der Waals surface area contributed by atoms with Crippen LogP contribution in [0, 0.1) is 5.92 Å². The Kier molecular flexibility index (Phi) is 3.42. The van der Waals surface area contributed by atoms with Crippen LogP contribution in [0.1, 0.15) is 18.4 Å². The van der Waals surface area contributed by atoms with Gasteiger partial charge in [-0.3, -0.25) is 14.6 Å². The maximum atomic E-state index is 12.4. The van der Waals surface area contributed by atoms with Crippen LogP contribution < -0.4 is 0 Å². The molecule has 0 aromatic carbocycles. The summed E-state index contributed by atoms with van der Waals surface area (Å²) in [7, 11) is 1.86. The standard InChI is InChI=1S/C15H19N3O2/c1-17-13-3-2-12(15(17)20)9-18(10-13)14(19)8-11-4-6-16-7-5-11/h4-7,12-13H,2-3,8-10H2,1H3/t12-,13+/m1/s1. The molecule has 0 unspecified atom stereocenters. The fraction of sp³-hybridized carbons (Fsp3) is 0.533. The van der Waals surface area contributed by atoms with Crippen molar-refractivity contribution in [2.24, 2.45) is 5.92 Å². The summed E-state index contributed by atoms with van der Waals surface area (Å²) in [6.07, 6.45) is 5.71. The highest BCUT2D eigenvalue weighted by Crippen LogP contribution is 2.28. The molecular weight excluding hydrogens is 254 g/mol. The molecule has 5 nitrogen and oxygen atoms in total. The number of hydrogen-bond acceptors (Lipinski definition) is 3. The zero-order chi connectivity index (χ0) is 14.1. The number of hydrogen-bond donors (Lipinski definition) is 0. The van der Waals surface area contributed by atoms with Crippen molar-refractivity contribution in [2.75, 3.05) is 20.1 Å². The summed E-state index contributed by atoms with van der Waals surface area (Å²) in [5, 5.41) is 0. The average molecular weight is 273 g/mol. The topological polar surface area (TPSA) is 53.5 Å². The van der Waals surface area contributed by atoms with Crippen molar-refractivity contribution in [1.29, 1.82) is 0 Å². The Balaban J connectivity index is 1.72. The molecule has 2 atom stereocenters. The first-order chi connectivity index (χ1) is 9.65. The van der Waals surface area contributed by atoms with E-state index in [-0.39, 0.29) is 23.8 Å². The Morgan fingerprint density at radius 3 is 2.80 bits per heavy atom.